The second-order valence-corrected chi connectivity index (χ2v) is 19.8. The van der Waals surface area contributed by atoms with Crippen LogP contribution in [0.4, 0.5) is 0 Å². The molecule has 0 aromatic rings. The number of epoxide rings is 2. The van der Waals surface area contributed by atoms with E-state index < -0.39 is 261 Å². The number of ether oxygens (including phenoxy) is 16. The molecular formula is C42H66O33. The van der Waals surface area contributed by atoms with E-state index in [1.807, 2.05) is 0 Å². The fourth-order valence-electron chi connectivity index (χ4n) is 10.9. The molecule has 0 unspecified atom stereocenters. The first-order valence-corrected chi connectivity index (χ1v) is 24.5. The van der Waals surface area contributed by atoms with Crippen molar-refractivity contribution in [1.82, 2.24) is 0 Å². The van der Waals surface area contributed by atoms with E-state index in [1.54, 1.807) is 0 Å². The molecule has 0 aromatic heterocycles. The number of aliphatic hydroxyl groups excluding tert-OH is 17. The fourth-order valence-corrected chi connectivity index (χ4v) is 10.9. The monoisotopic (exact) mass is 1100 g/mol. The zero-order valence-electron chi connectivity index (χ0n) is 39.3. The van der Waals surface area contributed by atoms with Gasteiger partial charge in [-0.05, 0) is 0 Å². The summed E-state index contributed by atoms with van der Waals surface area (Å²) < 4.78 is 93.5. The molecule has 0 aromatic carbocycles. The first kappa shape index (κ1) is 56.9. The first-order valence-electron chi connectivity index (χ1n) is 24.5. The van der Waals surface area contributed by atoms with E-state index >= 15 is 0 Å². The molecule has 33 nitrogen and oxygen atoms in total. The summed E-state index contributed by atoms with van der Waals surface area (Å²) in [6, 6.07) is 0. The van der Waals surface area contributed by atoms with Crippen LogP contribution in [0.2, 0.25) is 0 Å². The Hall–Kier alpha value is -1.32. The SMILES string of the molecule is OC[C@H]1O[C@@H]2O[C@H]3[C@H](O)[C@@H](O)[C@@H](O[C@H]4[C@H]5O[C@H]5[C@@H](O[C@H]5[C@H](O)[C@@H](O)[C@@H](O[C@H]6[C@H](O)[C@@H](O)[C@@H](O[C@H]7[C@H]8O[C@H]8[C@@H](O[C@H]8[C@H](O)[C@@H](O)[C@@H](O[C@H]1[C@H](O)[C@H]2O)O[C@@H]8CO)O[C@@H]7CO)O[C@@H]6CO)O[C@@H]5CO)O[C@@H]4CO)O[C@@H]3CO. The smallest absolute Gasteiger partial charge is 0.187 e. The van der Waals surface area contributed by atoms with Crippen molar-refractivity contribution in [2.75, 3.05) is 46.2 Å². The van der Waals surface area contributed by atoms with Crippen LogP contribution >= 0.6 is 0 Å². The highest BCUT2D eigenvalue weighted by molar-refractivity contribution is 5.06. The summed E-state index contributed by atoms with van der Waals surface area (Å²) in [5, 5.41) is 186. The van der Waals surface area contributed by atoms with Gasteiger partial charge in [-0.3, -0.25) is 0 Å². The molecule has 21 fully saturated rings. The van der Waals surface area contributed by atoms with Crippen LogP contribution in [0.1, 0.15) is 0 Å². The fraction of sp³-hybridized carbons (Fsp3) is 1.00. The molecule has 35 atom stereocenters. The molecule has 17 N–H and O–H groups in total. The minimum absolute atomic E-state index is 0.799. The standard InChI is InChI=1S/C42H66O33/c43-1-8-25-15(50)20(55)36(60-8)70-26-9(2-44)63-39(23(58)16(26)51)74-30-13(6-48)66-42(35-32(30)67-35)73-29-12(5-47)62-38(22(57)19(29)54)71-27-10(3-45)64-40(24(59)17(27)52)75-31-14(7-49)65-41(34-33(31)68-34)72-28-11(4-46)61-37(69-25)21(56)18(28)53/h8-59H,1-7H2/t8-,9-,10-,11-,12-,13-,14-,15-,16-,17-,18-,19-,20-,21-,22-,23-,24-,25-,26-,27-,28-,29-,30-,31-,32-,33-,34-,35-,36-,37-,38-,39-,40-,41-,42-/m1/s1. The Bertz CT molecular complexity index is 1860. The van der Waals surface area contributed by atoms with Crippen LogP contribution in [0.5, 0.6) is 0 Å². The van der Waals surface area contributed by atoms with Crippen molar-refractivity contribution in [3.63, 3.8) is 0 Å². The van der Waals surface area contributed by atoms with Gasteiger partial charge in [0.1, 0.15) is 171 Å². The largest absolute Gasteiger partial charge is 0.394 e. The van der Waals surface area contributed by atoms with Crippen LogP contribution in [0.15, 0.2) is 0 Å². The Kier molecular flexibility index (Phi) is 17.7. The van der Waals surface area contributed by atoms with E-state index in [1.165, 1.54) is 0 Å². The van der Waals surface area contributed by atoms with Gasteiger partial charge in [0.25, 0.3) is 0 Å². The summed E-state index contributed by atoms with van der Waals surface area (Å²) in [5.41, 5.74) is 0. The molecule has 14 bridgehead atoms. The van der Waals surface area contributed by atoms with Gasteiger partial charge < -0.3 is 163 Å². The lowest BCUT2D eigenvalue weighted by Crippen LogP contribution is -2.67. The van der Waals surface area contributed by atoms with Gasteiger partial charge in [0, 0.05) is 0 Å². The minimum Gasteiger partial charge on any atom is -0.394 e. The Morgan fingerprint density at radius 2 is 0.333 bits per heavy atom. The molecule has 33 heteroatoms. The van der Waals surface area contributed by atoms with E-state index in [-0.39, 0.29) is 0 Å². The van der Waals surface area contributed by atoms with E-state index in [4.69, 9.17) is 75.8 Å². The molecule has 0 saturated carbocycles. The Labute approximate surface area is 423 Å². The third-order valence-electron chi connectivity index (χ3n) is 15.2. The highest BCUT2D eigenvalue weighted by Gasteiger charge is 2.65. The van der Waals surface area contributed by atoms with Crippen molar-refractivity contribution >= 4 is 0 Å². The maximum atomic E-state index is 11.4. The molecule has 0 aliphatic carbocycles. The summed E-state index contributed by atoms with van der Waals surface area (Å²) in [6.07, 6.45) is -58.2. The summed E-state index contributed by atoms with van der Waals surface area (Å²) in [6.45, 7) is -6.20. The summed E-state index contributed by atoms with van der Waals surface area (Å²) in [4.78, 5) is 0. The second-order valence-electron chi connectivity index (χ2n) is 19.8. The predicted molar refractivity (Wildman–Crippen MR) is 222 cm³/mol. The van der Waals surface area contributed by atoms with Gasteiger partial charge in [0.15, 0.2) is 44.0 Å². The molecule has 75 heavy (non-hydrogen) atoms. The number of aliphatic hydroxyl groups is 17. The van der Waals surface area contributed by atoms with Gasteiger partial charge in [-0.15, -0.1) is 0 Å². The zero-order valence-corrected chi connectivity index (χ0v) is 39.3. The van der Waals surface area contributed by atoms with Crippen LogP contribution in [0.25, 0.3) is 0 Å². The number of fused-ring (bicyclic) bond motifs is 2. The number of hydrogen-bond acceptors (Lipinski definition) is 33. The van der Waals surface area contributed by atoms with Crippen molar-refractivity contribution in [3.05, 3.63) is 0 Å². The molecule has 21 aliphatic heterocycles. The molecular weight excluding hydrogens is 1030 g/mol. The lowest BCUT2D eigenvalue weighted by Gasteiger charge is -2.49. The van der Waals surface area contributed by atoms with Crippen molar-refractivity contribution in [2.24, 2.45) is 0 Å². The lowest BCUT2D eigenvalue weighted by molar-refractivity contribution is -0.387. The average Bonchev–Trinajstić information content (AvgIpc) is 4.36. The number of hydrogen-bond donors (Lipinski definition) is 17. The van der Waals surface area contributed by atoms with E-state index in [9.17, 15) is 86.8 Å². The Morgan fingerprint density at radius 3 is 0.547 bits per heavy atom. The van der Waals surface area contributed by atoms with Crippen LogP contribution in [-0.2, 0) is 75.8 Å². The molecule has 21 heterocycles. The van der Waals surface area contributed by atoms with Crippen LogP contribution < -0.4 is 0 Å². The lowest BCUT2D eigenvalue weighted by atomic mass is 9.95. The van der Waals surface area contributed by atoms with Gasteiger partial charge in [-0.1, -0.05) is 0 Å². The predicted octanol–water partition coefficient (Wildman–Crippen LogP) is -13.1. The van der Waals surface area contributed by atoms with Gasteiger partial charge in [-0.25, -0.2) is 0 Å². The van der Waals surface area contributed by atoms with Crippen molar-refractivity contribution < 1.29 is 163 Å². The highest BCUT2D eigenvalue weighted by Crippen LogP contribution is 2.45. The molecule has 0 radical (unpaired) electrons. The highest BCUT2D eigenvalue weighted by atomic mass is 16.8. The minimum atomic E-state index is -2.11. The van der Waals surface area contributed by atoms with Gasteiger partial charge in [0.05, 0.1) is 46.2 Å². The van der Waals surface area contributed by atoms with Crippen LogP contribution in [0.3, 0.4) is 0 Å². The van der Waals surface area contributed by atoms with E-state index in [2.05, 4.69) is 0 Å². The van der Waals surface area contributed by atoms with Crippen molar-refractivity contribution in [3.8, 4) is 0 Å². The molecule has 432 valence electrons. The normalized spacial score (nSPS) is 57.3. The molecule has 0 spiro atoms. The molecule has 21 rings (SSSR count). The van der Waals surface area contributed by atoms with Crippen molar-refractivity contribution in [2.45, 2.75) is 215 Å². The third-order valence-corrected chi connectivity index (χ3v) is 15.2. The van der Waals surface area contributed by atoms with Gasteiger partial charge in [-0.2, -0.15) is 0 Å². The third kappa shape index (κ3) is 10.6. The molecule has 21 saturated heterocycles. The second kappa shape index (κ2) is 23.3. The van der Waals surface area contributed by atoms with Gasteiger partial charge >= 0.3 is 0 Å². The Balaban J connectivity index is 0.908. The van der Waals surface area contributed by atoms with Crippen LogP contribution in [-0.4, -0.2) is 348 Å². The maximum absolute atomic E-state index is 11.4. The van der Waals surface area contributed by atoms with Crippen LogP contribution in [0, 0.1) is 0 Å². The molecule has 21 aliphatic rings. The summed E-state index contributed by atoms with van der Waals surface area (Å²) in [5.74, 6) is 0. The van der Waals surface area contributed by atoms with E-state index in [0.717, 1.165) is 0 Å². The maximum Gasteiger partial charge on any atom is 0.187 e. The number of rotatable bonds is 7. The van der Waals surface area contributed by atoms with Gasteiger partial charge in [0.2, 0.25) is 0 Å². The Morgan fingerprint density at radius 1 is 0.160 bits per heavy atom. The topological polar surface area (TPSA) is 498 Å². The molecule has 0 amide bonds. The average molecular weight is 1100 g/mol. The van der Waals surface area contributed by atoms with E-state index in [0.29, 0.717) is 0 Å². The van der Waals surface area contributed by atoms with Crippen molar-refractivity contribution in [1.29, 1.82) is 0 Å². The summed E-state index contributed by atoms with van der Waals surface area (Å²) in [7, 11) is 0. The summed E-state index contributed by atoms with van der Waals surface area (Å²) >= 11 is 0. The quantitative estimate of drug-likeness (QED) is 0.105. The first-order chi connectivity index (χ1) is 36.0. The zero-order chi connectivity index (χ0) is 53.5.